The van der Waals surface area contributed by atoms with E-state index in [4.69, 9.17) is 10.5 Å². The summed E-state index contributed by atoms with van der Waals surface area (Å²) >= 11 is 0. The third-order valence-electron chi connectivity index (χ3n) is 2.31. The summed E-state index contributed by atoms with van der Waals surface area (Å²) in [6, 6.07) is 8.88. The van der Waals surface area contributed by atoms with Crippen molar-refractivity contribution in [3.05, 3.63) is 30.3 Å². The normalized spacial score (nSPS) is 12.2. The molecule has 1 amide bonds. The van der Waals surface area contributed by atoms with Crippen molar-refractivity contribution in [3.8, 4) is 0 Å². The van der Waals surface area contributed by atoms with Gasteiger partial charge in [0.1, 0.15) is 6.04 Å². The molecule has 4 nitrogen and oxygen atoms in total. The molecule has 0 spiro atoms. The molecule has 1 atom stereocenters. The number of hydrogen-bond donors (Lipinski definition) is 1. The lowest BCUT2D eigenvalue weighted by molar-refractivity contribution is -0.120. The van der Waals surface area contributed by atoms with Gasteiger partial charge in [0, 0.05) is 19.3 Å². The van der Waals surface area contributed by atoms with Crippen LogP contribution in [-0.2, 0) is 9.53 Å². The van der Waals surface area contributed by atoms with E-state index in [0.29, 0.717) is 6.54 Å². The average molecular weight is 222 g/mol. The maximum atomic E-state index is 12.0. The van der Waals surface area contributed by atoms with Crippen molar-refractivity contribution in [2.75, 3.05) is 25.2 Å². The molecular weight excluding hydrogens is 204 g/mol. The SMILES string of the molecule is CCN(C(=O)C(N)COC)c1ccccc1. The van der Waals surface area contributed by atoms with Crippen molar-refractivity contribution in [2.45, 2.75) is 13.0 Å². The Bertz CT molecular complexity index is 327. The van der Waals surface area contributed by atoms with Crippen LogP contribution in [0.15, 0.2) is 30.3 Å². The standard InChI is InChI=1S/C12H18N2O2/c1-3-14(10-7-5-4-6-8-10)12(15)11(13)9-16-2/h4-8,11H,3,9,13H2,1-2H3. The molecule has 0 saturated heterocycles. The summed E-state index contributed by atoms with van der Waals surface area (Å²) in [5.74, 6) is -0.115. The molecule has 88 valence electrons. The fourth-order valence-electron chi connectivity index (χ4n) is 1.52. The van der Waals surface area contributed by atoms with E-state index in [1.165, 1.54) is 7.11 Å². The zero-order chi connectivity index (χ0) is 12.0. The first-order chi connectivity index (χ1) is 7.70. The number of benzene rings is 1. The van der Waals surface area contributed by atoms with Crippen LogP contribution in [0.25, 0.3) is 0 Å². The number of amides is 1. The maximum Gasteiger partial charge on any atom is 0.246 e. The van der Waals surface area contributed by atoms with Crippen molar-refractivity contribution in [3.63, 3.8) is 0 Å². The highest BCUT2D eigenvalue weighted by molar-refractivity contribution is 5.97. The summed E-state index contributed by atoms with van der Waals surface area (Å²) in [6.07, 6.45) is 0. The van der Waals surface area contributed by atoms with Crippen molar-refractivity contribution < 1.29 is 9.53 Å². The van der Waals surface area contributed by atoms with E-state index in [0.717, 1.165) is 5.69 Å². The fraction of sp³-hybridized carbons (Fsp3) is 0.417. The van der Waals surface area contributed by atoms with Gasteiger partial charge in [0.2, 0.25) is 5.91 Å². The first-order valence-electron chi connectivity index (χ1n) is 5.31. The van der Waals surface area contributed by atoms with Crippen LogP contribution >= 0.6 is 0 Å². The summed E-state index contributed by atoms with van der Waals surface area (Å²) in [4.78, 5) is 13.6. The third kappa shape index (κ3) is 3.05. The summed E-state index contributed by atoms with van der Waals surface area (Å²) in [7, 11) is 1.53. The summed E-state index contributed by atoms with van der Waals surface area (Å²) in [6.45, 7) is 2.76. The van der Waals surface area contributed by atoms with Gasteiger partial charge in [0.05, 0.1) is 6.61 Å². The second-order valence-electron chi connectivity index (χ2n) is 3.48. The molecule has 0 radical (unpaired) electrons. The van der Waals surface area contributed by atoms with Gasteiger partial charge in [-0.2, -0.15) is 0 Å². The van der Waals surface area contributed by atoms with Crippen molar-refractivity contribution in [1.29, 1.82) is 0 Å². The van der Waals surface area contributed by atoms with Gasteiger partial charge in [-0.25, -0.2) is 0 Å². The molecule has 0 fully saturated rings. The van der Waals surface area contributed by atoms with Crippen molar-refractivity contribution >= 4 is 11.6 Å². The van der Waals surface area contributed by atoms with Gasteiger partial charge in [-0.3, -0.25) is 4.79 Å². The second kappa shape index (κ2) is 6.25. The number of nitrogens with two attached hydrogens (primary N) is 1. The first-order valence-corrected chi connectivity index (χ1v) is 5.31. The van der Waals surface area contributed by atoms with E-state index < -0.39 is 6.04 Å². The summed E-state index contributed by atoms with van der Waals surface area (Å²) < 4.78 is 4.88. The Labute approximate surface area is 96.0 Å². The predicted molar refractivity (Wildman–Crippen MR) is 64.3 cm³/mol. The highest BCUT2D eigenvalue weighted by atomic mass is 16.5. The predicted octanol–water partition coefficient (Wildman–Crippen LogP) is 1.01. The smallest absolute Gasteiger partial charge is 0.246 e. The first kappa shape index (κ1) is 12.7. The molecule has 16 heavy (non-hydrogen) atoms. The van der Waals surface area contributed by atoms with E-state index in [-0.39, 0.29) is 12.5 Å². The minimum Gasteiger partial charge on any atom is -0.383 e. The molecule has 1 unspecified atom stereocenters. The minimum absolute atomic E-state index is 0.115. The molecular formula is C12H18N2O2. The van der Waals surface area contributed by atoms with E-state index in [2.05, 4.69) is 0 Å². The molecule has 0 aliphatic heterocycles. The third-order valence-corrected chi connectivity index (χ3v) is 2.31. The Hall–Kier alpha value is -1.39. The number of nitrogens with zero attached hydrogens (tertiary/aromatic N) is 1. The average Bonchev–Trinajstić information content (AvgIpc) is 2.31. The van der Waals surface area contributed by atoms with E-state index in [9.17, 15) is 4.79 Å². The monoisotopic (exact) mass is 222 g/mol. The number of carbonyl (C=O) groups is 1. The molecule has 0 heterocycles. The molecule has 4 heteroatoms. The van der Waals surface area contributed by atoms with Crippen LogP contribution in [0, 0.1) is 0 Å². The number of hydrogen-bond acceptors (Lipinski definition) is 3. The molecule has 0 aromatic heterocycles. The number of para-hydroxylation sites is 1. The lowest BCUT2D eigenvalue weighted by Gasteiger charge is -2.24. The Morgan fingerprint density at radius 1 is 1.44 bits per heavy atom. The van der Waals surface area contributed by atoms with Crippen LogP contribution in [-0.4, -0.2) is 32.2 Å². The van der Waals surface area contributed by atoms with Gasteiger partial charge in [-0.1, -0.05) is 18.2 Å². The molecule has 0 aliphatic carbocycles. The minimum atomic E-state index is -0.606. The molecule has 1 aromatic carbocycles. The Morgan fingerprint density at radius 2 is 2.06 bits per heavy atom. The Balaban J connectivity index is 2.79. The molecule has 1 aromatic rings. The zero-order valence-electron chi connectivity index (χ0n) is 9.72. The van der Waals surface area contributed by atoms with Crippen LogP contribution in [0.3, 0.4) is 0 Å². The zero-order valence-corrected chi connectivity index (χ0v) is 9.72. The number of anilines is 1. The highest BCUT2D eigenvalue weighted by Crippen LogP contribution is 2.13. The molecule has 0 bridgehead atoms. The second-order valence-corrected chi connectivity index (χ2v) is 3.48. The number of methoxy groups -OCH3 is 1. The number of likely N-dealkylation sites (N-methyl/N-ethyl adjacent to an activating group) is 1. The maximum absolute atomic E-state index is 12.0. The van der Waals surface area contributed by atoms with Gasteiger partial charge in [0.25, 0.3) is 0 Å². The van der Waals surface area contributed by atoms with E-state index >= 15 is 0 Å². The summed E-state index contributed by atoms with van der Waals surface area (Å²) in [5.41, 5.74) is 6.59. The lowest BCUT2D eigenvalue weighted by atomic mass is 10.2. The molecule has 0 aliphatic rings. The van der Waals surface area contributed by atoms with Crippen molar-refractivity contribution in [2.24, 2.45) is 5.73 Å². The van der Waals surface area contributed by atoms with Crippen LogP contribution < -0.4 is 10.6 Å². The Morgan fingerprint density at radius 3 is 2.56 bits per heavy atom. The lowest BCUT2D eigenvalue weighted by Crippen LogP contribution is -2.46. The number of rotatable bonds is 5. The van der Waals surface area contributed by atoms with Crippen LogP contribution in [0.2, 0.25) is 0 Å². The van der Waals surface area contributed by atoms with E-state index in [1.807, 2.05) is 37.3 Å². The molecule has 0 saturated carbocycles. The quantitative estimate of drug-likeness (QED) is 0.809. The van der Waals surface area contributed by atoms with Crippen LogP contribution in [0.5, 0.6) is 0 Å². The van der Waals surface area contributed by atoms with Gasteiger partial charge < -0.3 is 15.4 Å². The fourth-order valence-corrected chi connectivity index (χ4v) is 1.52. The van der Waals surface area contributed by atoms with Crippen LogP contribution in [0.4, 0.5) is 5.69 Å². The molecule has 1 rings (SSSR count). The molecule has 2 N–H and O–H groups in total. The van der Waals surface area contributed by atoms with E-state index in [1.54, 1.807) is 4.90 Å². The topological polar surface area (TPSA) is 55.6 Å². The summed E-state index contributed by atoms with van der Waals surface area (Å²) in [5, 5.41) is 0. The number of carbonyl (C=O) groups excluding carboxylic acids is 1. The highest BCUT2D eigenvalue weighted by Gasteiger charge is 2.20. The van der Waals surface area contributed by atoms with Crippen molar-refractivity contribution in [1.82, 2.24) is 0 Å². The number of ether oxygens (including phenoxy) is 1. The van der Waals surface area contributed by atoms with Gasteiger partial charge in [0.15, 0.2) is 0 Å². The largest absolute Gasteiger partial charge is 0.383 e. The van der Waals surface area contributed by atoms with Gasteiger partial charge in [-0.15, -0.1) is 0 Å². The van der Waals surface area contributed by atoms with Gasteiger partial charge >= 0.3 is 0 Å². The van der Waals surface area contributed by atoms with Gasteiger partial charge in [-0.05, 0) is 19.1 Å². The van der Waals surface area contributed by atoms with Crippen LogP contribution in [0.1, 0.15) is 6.92 Å². The Kier molecular flexibility index (Phi) is 4.95.